The normalized spacial score (nSPS) is 12.5. The highest BCUT2D eigenvalue weighted by atomic mass is 32.2. The Morgan fingerprint density at radius 1 is 1.21 bits per heavy atom. The molecule has 0 saturated heterocycles. The van der Waals surface area contributed by atoms with E-state index in [2.05, 4.69) is 5.32 Å². The minimum absolute atomic E-state index is 0.102. The number of hydrogen-bond donors (Lipinski definition) is 1. The zero-order valence-corrected chi connectivity index (χ0v) is 17.1. The van der Waals surface area contributed by atoms with E-state index < -0.39 is 17.8 Å². The van der Waals surface area contributed by atoms with Crippen LogP contribution in [-0.4, -0.2) is 18.5 Å². The molecule has 6 heteroatoms. The van der Waals surface area contributed by atoms with E-state index >= 15 is 0 Å². The number of rotatable bonds is 8. The zero-order valence-electron chi connectivity index (χ0n) is 16.3. The number of ether oxygens (including phenoxy) is 1. The van der Waals surface area contributed by atoms with Gasteiger partial charge in [-0.2, -0.15) is 5.26 Å². The van der Waals surface area contributed by atoms with Crippen LogP contribution < -0.4 is 5.32 Å². The molecule has 146 valence electrons. The van der Waals surface area contributed by atoms with Crippen molar-refractivity contribution in [1.82, 2.24) is 0 Å². The van der Waals surface area contributed by atoms with Crippen LogP contribution in [0.2, 0.25) is 0 Å². The summed E-state index contributed by atoms with van der Waals surface area (Å²) in [6, 6.07) is 14.8. The first-order chi connectivity index (χ1) is 13.5. The summed E-state index contributed by atoms with van der Waals surface area (Å²) in [5, 5.41) is 13.5. The van der Waals surface area contributed by atoms with Gasteiger partial charge in [-0.05, 0) is 53.9 Å². The summed E-state index contributed by atoms with van der Waals surface area (Å²) >= 11 is 1.06. The van der Waals surface area contributed by atoms with Gasteiger partial charge in [0.2, 0.25) is 0 Å². The summed E-state index contributed by atoms with van der Waals surface area (Å²) in [5.41, 5.74) is 2.36. The molecule has 28 heavy (non-hydrogen) atoms. The van der Waals surface area contributed by atoms with E-state index in [0.717, 1.165) is 34.2 Å². The SMILES string of the molecule is CC[C@H](C)[C@H](C(=O)OCC(=O)Nc1ccc(SC#N)cc1C)c1ccccc1. The Hall–Kier alpha value is -2.78. The van der Waals surface area contributed by atoms with Crippen molar-refractivity contribution in [3.63, 3.8) is 0 Å². The minimum Gasteiger partial charge on any atom is -0.455 e. The molecule has 0 unspecified atom stereocenters. The van der Waals surface area contributed by atoms with Gasteiger partial charge in [-0.1, -0.05) is 50.6 Å². The number of esters is 1. The maximum atomic E-state index is 12.6. The molecule has 1 N–H and O–H groups in total. The summed E-state index contributed by atoms with van der Waals surface area (Å²) < 4.78 is 5.32. The number of benzene rings is 2. The molecule has 0 spiro atoms. The highest BCUT2D eigenvalue weighted by molar-refractivity contribution is 8.03. The van der Waals surface area contributed by atoms with Crippen LogP contribution in [0.5, 0.6) is 0 Å². The van der Waals surface area contributed by atoms with Crippen molar-refractivity contribution in [3.05, 3.63) is 59.7 Å². The second-order valence-electron chi connectivity index (χ2n) is 6.60. The molecule has 0 aliphatic rings. The van der Waals surface area contributed by atoms with Crippen LogP contribution in [0.15, 0.2) is 53.4 Å². The van der Waals surface area contributed by atoms with Crippen molar-refractivity contribution in [2.75, 3.05) is 11.9 Å². The molecule has 0 aliphatic heterocycles. The first-order valence-corrected chi connectivity index (χ1v) is 9.96. The third-order valence-electron chi connectivity index (χ3n) is 4.61. The standard InChI is InChI=1S/C22H24N2O3S/c1-4-15(2)21(17-8-6-5-7-9-17)22(26)27-13-20(25)24-19-11-10-18(28-14-23)12-16(19)3/h5-12,15,21H,4,13H2,1-3H3,(H,24,25)/t15-,21-/m0/s1. The number of amides is 1. The van der Waals surface area contributed by atoms with Gasteiger partial charge in [-0.15, -0.1) is 0 Å². The predicted octanol–water partition coefficient (Wildman–Crippen LogP) is 4.88. The van der Waals surface area contributed by atoms with Crippen LogP contribution >= 0.6 is 11.8 Å². The summed E-state index contributed by atoms with van der Waals surface area (Å²) in [7, 11) is 0. The maximum Gasteiger partial charge on any atom is 0.314 e. The van der Waals surface area contributed by atoms with Gasteiger partial charge in [0.05, 0.1) is 5.92 Å². The number of carbonyl (C=O) groups excluding carboxylic acids is 2. The van der Waals surface area contributed by atoms with Crippen LogP contribution in [0, 0.1) is 23.5 Å². The number of thioether (sulfide) groups is 1. The number of anilines is 1. The number of aryl methyl sites for hydroxylation is 1. The Balaban J connectivity index is 1.99. The number of hydrogen-bond acceptors (Lipinski definition) is 5. The summed E-state index contributed by atoms with van der Waals surface area (Å²) in [6.45, 7) is 5.53. The molecule has 0 aliphatic carbocycles. The second kappa shape index (κ2) is 10.5. The Labute approximate surface area is 170 Å². The molecule has 1 amide bonds. The minimum atomic E-state index is -0.400. The van der Waals surface area contributed by atoms with Gasteiger partial charge in [0.15, 0.2) is 6.61 Å². The maximum absolute atomic E-state index is 12.6. The Kier molecular flexibility index (Phi) is 8.09. The van der Waals surface area contributed by atoms with Crippen LogP contribution in [0.25, 0.3) is 0 Å². The summed E-state index contributed by atoms with van der Waals surface area (Å²) in [4.78, 5) is 25.7. The third-order valence-corrected chi connectivity index (χ3v) is 5.19. The molecular weight excluding hydrogens is 372 g/mol. The zero-order chi connectivity index (χ0) is 20.5. The molecule has 0 radical (unpaired) electrons. The highest BCUT2D eigenvalue weighted by Gasteiger charge is 2.27. The smallest absolute Gasteiger partial charge is 0.314 e. The Bertz CT molecular complexity index is 862. The highest BCUT2D eigenvalue weighted by Crippen LogP contribution is 2.28. The van der Waals surface area contributed by atoms with Gasteiger partial charge in [0, 0.05) is 10.6 Å². The Morgan fingerprint density at radius 3 is 2.54 bits per heavy atom. The topological polar surface area (TPSA) is 79.2 Å². The molecule has 0 heterocycles. The van der Waals surface area contributed by atoms with Crippen LogP contribution in [-0.2, 0) is 14.3 Å². The average molecular weight is 397 g/mol. The van der Waals surface area contributed by atoms with E-state index in [-0.39, 0.29) is 12.5 Å². The average Bonchev–Trinajstić information content (AvgIpc) is 2.69. The second-order valence-corrected chi connectivity index (χ2v) is 7.46. The summed E-state index contributed by atoms with van der Waals surface area (Å²) in [6.07, 6.45) is 0.826. The lowest BCUT2D eigenvalue weighted by molar-refractivity contribution is -0.150. The molecule has 0 aromatic heterocycles. The van der Waals surface area contributed by atoms with E-state index in [1.54, 1.807) is 12.1 Å². The molecule has 0 bridgehead atoms. The fourth-order valence-corrected chi connectivity index (χ4v) is 3.38. The number of nitrogens with zero attached hydrogens (tertiary/aromatic N) is 1. The van der Waals surface area contributed by atoms with E-state index in [4.69, 9.17) is 10.00 Å². The largest absolute Gasteiger partial charge is 0.455 e. The molecule has 5 nitrogen and oxygen atoms in total. The summed E-state index contributed by atoms with van der Waals surface area (Å²) in [5.74, 6) is -1.09. The van der Waals surface area contributed by atoms with Crippen molar-refractivity contribution in [1.29, 1.82) is 5.26 Å². The first kappa shape index (κ1) is 21.5. The lowest BCUT2D eigenvalue weighted by Crippen LogP contribution is -2.27. The predicted molar refractivity (Wildman–Crippen MR) is 111 cm³/mol. The van der Waals surface area contributed by atoms with E-state index in [0.29, 0.717) is 5.69 Å². The number of nitriles is 1. The number of nitrogens with one attached hydrogen (secondary N) is 1. The van der Waals surface area contributed by atoms with Gasteiger partial charge in [0.1, 0.15) is 5.40 Å². The van der Waals surface area contributed by atoms with Crippen LogP contribution in [0.1, 0.15) is 37.3 Å². The molecule has 2 aromatic carbocycles. The quantitative estimate of drug-likeness (QED) is 0.391. The van der Waals surface area contributed by atoms with Gasteiger partial charge in [0.25, 0.3) is 5.91 Å². The van der Waals surface area contributed by atoms with Gasteiger partial charge < -0.3 is 10.1 Å². The molecule has 0 saturated carbocycles. The molecule has 2 aromatic rings. The van der Waals surface area contributed by atoms with Crippen molar-refractivity contribution >= 4 is 29.3 Å². The van der Waals surface area contributed by atoms with Gasteiger partial charge in [-0.3, -0.25) is 9.59 Å². The molecule has 2 rings (SSSR count). The van der Waals surface area contributed by atoms with Crippen molar-refractivity contribution in [2.24, 2.45) is 5.92 Å². The van der Waals surface area contributed by atoms with Gasteiger partial charge >= 0.3 is 5.97 Å². The fourth-order valence-electron chi connectivity index (χ4n) is 2.90. The fraction of sp³-hybridized carbons (Fsp3) is 0.318. The lowest BCUT2D eigenvalue weighted by atomic mass is 9.86. The van der Waals surface area contributed by atoms with Crippen molar-refractivity contribution in [2.45, 2.75) is 38.0 Å². The third kappa shape index (κ3) is 5.86. The van der Waals surface area contributed by atoms with Crippen molar-refractivity contribution in [3.8, 4) is 5.40 Å². The monoisotopic (exact) mass is 396 g/mol. The number of thiocyanates is 1. The van der Waals surface area contributed by atoms with Gasteiger partial charge in [-0.25, -0.2) is 0 Å². The first-order valence-electron chi connectivity index (χ1n) is 9.14. The van der Waals surface area contributed by atoms with Crippen LogP contribution in [0.4, 0.5) is 5.69 Å². The lowest BCUT2D eigenvalue weighted by Gasteiger charge is -2.21. The number of carbonyl (C=O) groups is 2. The van der Waals surface area contributed by atoms with E-state index in [1.807, 2.05) is 62.6 Å². The van der Waals surface area contributed by atoms with Crippen molar-refractivity contribution < 1.29 is 14.3 Å². The molecule has 0 fully saturated rings. The van der Waals surface area contributed by atoms with E-state index in [9.17, 15) is 9.59 Å². The molecule has 2 atom stereocenters. The molecular formula is C22H24N2O3S. The van der Waals surface area contributed by atoms with Crippen LogP contribution in [0.3, 0.4) is 0 Å². The van der Waals surface area contributed by atoms with E-state index in [1.165, 1.54) is 0 Å². The Morgan fingerprint density at radius 2 is 1.93 bits per heavy atom.